The maximum atomic E-state index is 12.4. The van der Waals surface area contributed by atoms with Gasteiger partial charge in [0.05, 0.1) is 13.7 Å². The highest BCUT2D eigenvalue weighted by Gasteiger charge is 2.22. The van der Waals surface area contributed by atoms with Crippen LogP contribution >= 0.6 is 24.0 Å². The van der Waals surface area contributed by atoms with Crippen LogP contribution in [0.2, 0.25) is 0 Å². The lowest BCUT2D eigenvalue weighted by molar-refractivity contribution is -0.155. The summed E-state index contributed by atoms with van der Waals surface area (Å²) in [5, 5.41) is 2.66. The summed E-state index contributed by atoms with van der Waals surface area (Å²) in [6.45, 7) is 7.78. The number of rotatable bonds is 9. The van der Waals surface area contributed by atoms with Crippen molar-refractivity contribution in [1.82, 2.24) is 0 Å². The fourth-order valence-electron chi connectivity index (χ4n) is 2.26. The molecule has 0 aromatic heterocycles. The molecule has 0 aliphatic rings. The van der Waals surface area contributed by atoms with Crippen LogP contribution < -0.4 is 10.1 Å². The minimum absolute atomic E-state index is 0.161. The van der Waals surface area contributed by atoms with E-state index in [4.69, 9.17) is 26.4 Å². The van der Waals surface area contributed by atoms with Gasteiger partial charge in [-0.2, -0.15) is 0 Å². The number of esters is 1. The van der Waals surface area contributed by atoms with E-state index in [1.54, 1.807) is 31.4 Å². The lowest BCUT2D eigenvalue weighted by atomic mass is 10.1. The molecular weight excluding hydrogens is 398 g/mol. The minimum Gasteiger partial charge on any atom is -0.497 e. The molecule has 0 aliphatic heterocycles. The number of thioether (sulfide) groups is 1. The highest BCUT2D eigenvalue weighted by Crippen LogP contribution is 2.24. The Morgan fingerprint density at radius 1 is 1.21 bits per heavy atom. The molecular formula is C20H29NO5S2. The Hall–Kier alpha value is -1.80. The first-order chi connectivity index (χ1) is 13.1. The van der Waals surface area contributed by atoms with Crippen molar-refractivity contribution in [2.45, 2.75) is 57.8 Å². The number of nitrogens with one attached hydrogen (secondary N) is 1. The zero-order chi connectivity index (χ0) is 21.2. The molecule has 0 bridgehead atoms. The summed E-state index contributed by atoms with van der Waals surface area (Å²) in [6.07, 6.45) is 0.870. The van der Waals surface area contributed by atoms with E-state index in [1.165, 1.54) is 11.8 Å². The monoisotopic (exact) mass is 427 g/mol. The largest absolute Gasteiger partial charge is 0.497 e. The topological polar surface area (TPSA) is 73.9 Å². The molecule has 1 aromatic carbocycles. The van der Waals surface area contributed by atoms with Crippen molar-refractivity contribution in [3.63, 3.8) is 0 Å². The van der Waals surface area contributed by atoms with Gasteiger partial charge in [0.25, 0.3) is 0 Å². The zero-order valence-electron chi connectivity index (χ0n) is 17.1. The number of hydrogen-bond acceptors (Lipinski definition) is 7. The van der Waals surface area contributed by atoms with Crippen LogP contribution in [0.3, 0.4) is 0 Å². The summed E-state index contributed by atoms with van der Waals surface area (Å²) in [4.78, 5) is 24.4. The second kappa shape index (κ2) is 11.9. The smallest absolute Gasteiger partial charge is 0.306 e. The van der Waals surface area contributed by atoms with E-state index in [2.05, 4.69) is 5.32 Å². The molecule has 1 amide bonds. The maximum Gasteiger partial charge on any atom is 0.306 e. The standard InChI is InChI=1S/C20H29NO5S2/c1-6-25-19(27)28-16(11-12-18(23)26-20(2,3)4)13-17(22)21-14-7-9-15(24-5)10-8-14/h7-10,16H,6,11-13H2,1-5H3,(H,21,22). The molecule has 0 radical (unpaired) electrons. The highest BCUT2D eigenvalue weighted by molar-refractivity contribution is 8.23. The Morgan fingerprint density at radius 2 is 1.86 bits per heavy atom. The number of carbonyl (C=O) groups is 2. The summed E-state index contributed by atoms with van der Waals surface area (Å²) in [7, 11) is 1.58. The summed E-state index contributed by atoms with van der Waals surface area (Å²) in [6, 6.07) is 7.08. The van der Waals surface area contributed by atoms with Gasteiger partial charge in [0.1, 0.15) is 11.4 Å². The van der Waals surface area contributed by atoms with Crippen molar-refractivity contribution in [3.8, 4) is 5.75 Å². The minimum atomic E-state index is -0.536. The van der Waals surface area contributed by atoms with Crippen LogP contribution in [-0.2, 0) is 19.1 Å². The van der Waals surface area contributed by atoms with E-state index >= 15 is 0 Å². The number of hydrogen-bond donors (Lipinski definition) is 1. The number of thiocarbonyl (C=S) groups is 1. The Balaban J connectivity index is 2.65. The second-order valence-corrected chi connectivity index (χ2v) is 8.93. The molecule has 156 valence electrons. The number of amides is 1. The predicted molar refractivity (Wildman–Crippen MR) is 117 cm³/mol. The van der Waals surface area contributed by atoms with Crippen LogP contribution in [0.25, 0.3) is 0 Å². The van der Waals surface area contributed by atoms with Crippen LogP contribution in [0, 0.1) is 0 Å². The Morgan fingerprint density at radius 3 is 2.39 bits per heavy atom. The van der Waals surface area contributed by atoms with Crippen molar-refractivity contribution in [2.24, 2.45) is 0 Å². The fraction of sp³-hybridized carbons (Fsp3) is 0.550. The third-order valence-electron chi connectivity index (χ3n) is 3.40. The van der Waals surface area contributed by atoms with Crippen molar-refractivity contribution in [3.05, 3.63) is 24.3 Å². The maximum absolute atomic E-state index is 12.4. The molecule has 8 heteroatoms. The molecule has 0 heterocycles. The lowest BCUT2D eigenvalue weighted by Crippen LogP contribution is -2.25. The Bertz CT molecular complexity index is 656. The number of anilines is 1. The van der Waals surface area contributed by atoms with Gasteiger partial charge >= 0.3 is 5.97 Å². The molecule has 0 spiro atoms. The number of benzene rings is 1. The zero-order valence-corrected chi connectivity index (χ0v) is 18.7. The van der Waals surface area contributed by atoms with Gasteiger partial charge in [-0.1, -0.05) is 11.8 Å². The van der Waals surface area contributed by atoms with Crippen LogP contribution in [0.4, 0.5) is 5.69 Å². The molecule has 0 fully saturated rings. The van der Waals surface area contributed by atoms with E-state index < -0.39 is 5.60 Å². The van der Waals surface area contributed by atoms with Crippen LogP contribution in [0.1, 0.15) is 47.0 Å². The van der Waals surface area contributed by atoms with Crippen molar-refractivity contribution in [1.29, 1.82) is 0 Å². The van der Waals surface area contributed by atoms with Gasteiger partial charge in [-0.15, -0.1) is 0 Å². The molecule has 1 N–H and O–H groups in total. The molecule has 1 atom stereocenters. The quantitative estimate of drug-likeness (QED) is 0.457. The lowest BCUT2D eigenvalue weighted by Gasteiger charge is -2.21. The number of methoxy groups -OCH3 is 1. The predicted octanol–water partition coefficient (Wildman–Crippen LogP) is 4.57. The normalized spacial score (nSPS) is 12.0. The second-order valence-electron chi connectivity index (χ2n) is 7.03. The Labute approximate surface area is 176 Å². The molecule has 1 rings (SSSR count). The highest BCUT2D eigenvalue weighted by atomic mass is 32.2. The average Bonchev–Trinajstić information content (AvgIpc) is 2.59. The summed E-state index contributed by atoms with van der Waals surface area (Å²) < 4.78 is 16.1. The SMILES string of the molecule is CCOC(=S)SC(CCC(=O)OC(C)(C)C)CC(=O)Nc1ccc(OC)cc1. The average molecular weight is 428 g/mol. The number of ether oxygens (including phenoxy) is 3. The molecule has 6 nitrogen and oxygen atoms in total. The molecule has 1 unspecified atom stereocenters. The first kappa shape index (κ1) is 24.2. The Kier molecular flexibility index (Phi) is 10.3. The van der Waals surface area contributed by atoms with E-state index in [1.807, 2.05) is 27.7 Å². The van der Waals surface area contributed by atoms with Gasteiger partial charge in [-0.3, -0.25) is 9.59 Å². The first-order valence-electron chi connectivity index (χ1n) is 9.12. The van der Waals surface area contributed by atoms with E-state index in [9.17, 15) is 9.59 Å². The summed E-state index contributed by atoms with van der Waals surface area (Å²) >= 11 is 6.48. The van der Waals surface area contributed by atoms with Crippen LogP contribution in [0.5, 0.6) is 5.75 Å². The number of carbonyl (C=O) groups excluding carboxylic acids is 2. The van der Waals surface area contributed by atoms with E-state index in [-0.39, 0.29) is 30.0 Å². The van der Waals surface area contributed by atoms with Gasteiger partial charge in [-0.25, -0.2) is 0 Å². The van der Waals surface area contributed by atoms with E-state index in [0.29, 0.717) is 28.8 Å². The summed E-state index contributed by atoms with van der Waals surface area (Å²) in [5.74, 6) is 0.257. The van der Waals surface area contributed by atoms with Crippen molar-refractivity contribution in [2.75, 3.05) is 19.0 Å². The molecule has 0 aliphatic carbocycles. The van der Waals surface area contributed by atoms with Crippen LogP contribution in [-0.4, -0.2) is 40.8 Å². The van der Waals surface area contributed by atoms with Gasteiger partial charge < -0.3 is 19.5 Å². The van der Waals surface area contributed by atoms with Crippen molar-refractivity contribution < 1.29 is 23.8 Å². The third kappa shape index (κ3) is 10.5. The fourth-order valence-corrected chi connectivity index (χ4v) is 3.71. The van der Waals surface area contributed by atoms with Gasteiger partial charge in [0, 0.05) is 23.8 Å². The molecule has 0 saturated carbocycles. The molecule has 0 saturated heterocycles. The van der Waals surface area contributed by atoms with Gasteiger partial charge in [0.2, 0.25) is 10.3 Å². The van der Waals surface area contributed by atoms with Gasteiger partial charge in [0.15, 0.2) is 0 Å². The van der Waals surface area contributed by atoms with E-state index in [0.717, 1.165) is 0 Å². The third-order valence-corrected chi connectivity index (χ3v) is 4.85. The van der Waals surface area contributed by atoms with Crippen molar-refractivity contribution >= 4 is 45.9 Å². The summed E-state index contributed by atoms with van der Waals surface area (Å²) in [5.41, 5.74) is 0.139. The molecule has 28 heavy (non-hydrogen) atoms. The first-order valence-corrected chi connectivity index (χ1v) is 10.4. The van der Waals surface area contributed by atoms with Gasteiger partial charge in [-0.05, 0) is 70.6 Å². The van der Waals surface area contributed by atoms with Crippen LogP contribution in [0.15, 0.2) is 24.3 Å². The molecule has 1 aromatic rings.